The van der Waals surface area contributed by atoms with Gasteiger partial charge in [0.15, 0.2) is 0 Å². The zero-order valence-corrected chi connectivity index (χ0v) is 7.26. The third-order valence-electron chi connectivity index (χ3n) is 1.48. The van der Waals surface area contributed by atoms with E-state index in [-0.39, 0.29) is 0 Å². The molecule has 0 saturated heterocycles. The first-order chi connectivity index (χ1) is 5.29. The van der Waals surface area contributed by atoms with Crippen molar-refractivity contribution in [3.05, 3.63) is 0 Å². The summed E-state index contributed by atoms with van der Waals surface area (Å²) in [4.78, 5) is 9.41. The van der Waals surface area contributed by atoms with Crippen LogP contribution in [0.15, 0.2) is 4.99 Å². The highest BCUT2D eigenvalue weighted by Gasteiger charge is 2.04. The topological polar surface area (TPSA) is 33.6 Å². The maximum absolute atomic E-state index is 5.20. The van der Waals surface area contributed by atoms with Gasteiger partial charge in [0.1, 0.15) is 5.84 Å². The van der Waals surface area contributed by atoms with Gasteiger partial charge in [0.25, 0.3) is 0 Å². The van der Waals surface area contributed by atoms with Gasteiger partial charge in [-0.25, -0.2) is 0 Å². The van der Waals surface area contributed by atoms with Crippen LogP contribution >= 0.6 is 0 Å². The first kappa shape index (κ1) is 8.53. The number of hydroxylamine groups is 1. The smallest absolute Gasteiger partial charge is 0.120 e. The van der Waals surface area contributed by atoms with E-state index in [4.69, 9.17) is 4.84 Å². The van der Waals surface area contributed by atoms with E-state index in [1.807, 2.05) is 0 Å². The van der Waals surface area contributed by atoms with Crippen LogP contribution in [0.5, 0.6) is 0 Å². The summed E-state index contributed by atoms with van der Waals surface area (Å²) >= 11 is 0. The molecule has 64 valence electrons. The fraction of sp³-hybridized carbons (Fsp3) is 0.875. The van der Waals surface area contributed by atoms with E-state index < -0.39 is 0 Å². The first-order valence-corrected chi connectivity index (χ1v) is 4.20. The maximum Gasteiger partial charge on any atom is 0.120 e. The molecule has 1 N–H and O–H groups in total. The number of rotatable bonds is 3. The van der Waals surface area contributed by atoms with E-state index in [0.717, 1.165) is 31.8 Å². The second-order valence-corrected chi connectivity index (χ2v) is 3.24. The normalized spacial score (nSPS) is 17.2. The van der Waals surface area contributed by atoms with Crippen LogP contribution in [0, 0.1) is 5.92 Å². The molecule has 3 nitrogen and oxygen atoms in total. The van der Waals surface area contributed by atoms with Gasteiger partial charge in [-0.05, 0) is 12.3 Å². The van der Waals surface area contributed by atoms with Crippen LogP contribution < -0.4 is 5.48 Å². The van der Waals surface area contributed by atoms with E-state index in [9.17, 15) is 0 Å². The molecular weight excluding hydrogens is 140 g/mol. The Bertz CT molecular complexity index is 143. The Balaban J connectivity index is 2.03. The molecule has 1 rings (SSSR count). The largest absolute Gasteiger partial charge is 0.275 e. The summed E-state index contributed by atoms with van der Waals surface area (Å²) in [5.41, 5.74) is 2.86. The van der Waals surface area contributed by atoms with E-state index >= 15 is 0 Å². The van der Waals surface area contributed by atoms with Gasteiger partial charge in [0.05, 0.1) is 6.61 Å². The Labute approximate surface area is 67.8 Å². The van der Waals surface area contributed by atoms with Gasteiger partial charge < -0.3 is 0 Å². The Morgan fingerprint density at radius 2 is 2.45 bits per heavy atom. The summed E-state index contributed by atoms with van der Waals surface area (Å²) in [7, 11) is 0. The molecule has 0 aromatic heterocycles. The van der Waals surface area contributed by atoms with Crippen molar-refractivity contribution in [2.75, 3.05) is 13.2 Å². The Morgan fingerprint density at radius 1 is 1.64 bits per heavy atom. The Hall–Kier alpha value is -0.570. The molecule has 0 spiro atoms. The third-order valence-corrected chi connectivity index (χ3v) is 1.48. The fourth-order valence-electron chi connectivity index (χ4n) is 0.915. The van der Waals surface area contributed by atoms with Crippen molar-refractivity contribution in [1.29, 1.82) is 0 Å². The summed E-state index contributed by atoms with van der Waals surface area (Å²) in [6, 6.07) is 0. The Kier molecular flexibility index (Phi) is 3.36. The summed E-state index contributed by atoms with van der Waals surface area (Å²) < 4.78 is 0. The van der Waals surface area contributed by atoms with Crippen molar-refractivity contribution in [1.82, 2.24) is 5.48 Å². The van der Waals surface area contributed by atoms with E-state index in [1.54, 1.807) is 0 Å². The lowest BCUT2D eigenvalue weighted by atomic mass is 10.2. The second-order valence-electron chi connectivity index (χ2n) is 3.24. The zero-order valence-electron chi connectivity index (χ0n) is 7.26. The lowest BCUT2D eigenvalue weighted by molar-refractivity contribution is 0.0632. The highest BCUT2D eigenvalue weighted by atomic mass is 16.6. The predicted octanol–water partition coefficient (Wildman–Crippen LogP) is 1.36. The lowest BCUT2D eigenvalue weighted by Crippen LogP contribution is -2.23. The molecule has 0 bridgehead atoms. The molecule has 0 radical (unpaired) electrons. The van der Waals surface area contributed by atoms with Gasteiger partial charge >= 0.3 is 0 Å². The highest BCUT2D eigenvalue weighted by molar-refractivity contribution is 5.82. The van der Waals surface area contributed by atoms with E-state index in [2.05, 4.69) is 24.3 Å². The second kappa shape index (κ2) is 4.34. The third kappa shape index (κ3) is 3.37. The van der Waals surface area contributed by atoms with Crippen LogP contribution in [0.4, 0.5) is 0 Å². The molecule has 0 saturated carbocycles. The van der Waals surface area contributed by atoms with Gasteiger partial charge in [-0.2, -0.15) is 0 Å². The van der Waals surface area contributed by atoms with Gasteiger partial charge in [0, 0.05) is 13.0 Å². The van der Waals surface area contributed by atoms with E-state index in [0.29, 0.717) is 5.92 Å². The molecule has 0 fully saturated rings. The number of nitrogens with zero attached hydrogens (tertiary/aromatic N) is 1. The summed E-state index contributed by atoms with van der Waals surface area (Å²) in [6.45, 7) is 5.95. The van der Waals surface area contributed by atoms with Crippen LogP contribution in [0.1, 0.15) is 26.7 Å². The van der Waals surface area contributed by atoms with Crippen molar-refractivity contribution < 1.29 is 4.84 Å². The van der Waals surface area contributed by atoms with Crippen molar-refractivity contribution in [2.45, 2.75) is 26.7 Å². The number of amidine groups is 1. The molecule has 3 heteroatoms. The molecular formula is C8H16N2O. The molecule has 0 aromatic rings. The number of hydrogen-bond donors (Lipinski definition) is 1. The number of aliphatic imine (C=N–C) groups is 1. The number of nitrogens with one attached hydrogen (secondary N) is 1. The molecule has 0 unspecified atom stereocenters. The van der Waals surface area contributed by atoms with Gasteiger partial charge in [-0.1, -0.05) is 13.8 Å². The maximum atomic E-state index is 5.20. The highest BCUT2D eigenvalue weighted by Crippen LogP contribution is 2.01. The zero-order chi connectivity index (χ0) is 8.10. The SMILES string of the molecule is CC(C)CONC1=NCCC1. The average Bonchev–Trinajstić information content (AvgIpc) is 2.39. The molecule has 0 amide bonds. The molecule has 1 aliphatic heterocycles. The van der Waals surface area contributed by atoms with Crippen molar-refractivity contribution in [3.8, 4) is 0 Å². The quantitative estimate of drug-likeness (QED) is 0.626. The molecule has 1 aliphatic rings. The van der Waals surface area contributed by atoms with Crippen LogP contribution in [0.25, 0.3) is 0 Å². The van der Waals surface area contributed by atoms with Crippen molar-refractivity contribution in [2.24, 2.45) is 10.9 Å². The summed E-state index contributed by atoms with van der Waals surface area (Å²) in [5.74, 6) is 1.58. The molecule has 1 heterocycles. The minimum absolute atomic E-state index is 0.574. The molecule has 0 aromatic carbocycles. The minimum Gasteiger partial charge on any atom is -0.275 e. The minimum atomic E-state index is 0.574. The van der Waals surface area contributed by atoms with Crippen LogP contribution in [-0.2, 0) is 4.84 Å². The Morgan fingerprint density at radius 3 is 3.00 bits per heavy atom. The van der Waals surface area contributed by atoms with Crippen LogP contribution in [-0.4, -0.2) is 19.0 Å². The van der Waals surface area contributed by atoms with Gasteiger partial charge in [-0.15, -0.1) is 0 Å². The summed E-state index contributed by atoms with van der Waals surface area (Å²) in [6.07, 6.45) is 2.20. The molecule has 11 heavy (non-hydrogen) atoms. The van der Waals surface area contributed by atoms with Crippen LogP contribution in [0.2, 0.25) is 0 Å². The summed E-state index contributed by atoms with van der Waals surface area (Å²) in [5, 5.41) is 0. The predicted molar refractivity (Wildman–Crippen MR) is 45.5 cm³/mol. The van der Waals surface area contributed by atoms with E-state index in [1.165, 1.54) is 0 Å². The first-order valence-electron chi connectivity index (χ1n) is 4.20. The van der Waals surface area contributed by atoms with Gasteiger partial charge in [0.2, 0.25) is 0 Å². The standard InChI is InChI=1S/C8H16N2O/c1-7(2)6-11-10-8-4-3-5-9-8/h7H,3-6H2,1-2H3,(H,9,10). The van der Waals surface area contributed by atoms with Crippen molar-refractivity contribution >= 4 is 5.84 Å². The van der Waals surface area contributed by atoms with Gasteiger partial charge in [-0.3, -0.25) is 15.3 Å². The average molecular weight is 156 g/mol. The monoisotopic (exact) mass is 156 g/mol. The number of hydrogen-bond acceptors (Lipinski definition) is 3. The molecule has 0 aliphatic carbocycles. The van der Waals surface area contributed by atoms with Crippen LogP contribution in [0.3, 0.4) is 0 Å². The lowest BCUT2D eigenvalue weighted by Gasteiger charge is -2.07. The van der Waals surface area contributed by atoms with Crippen molar-refractivity contribution in [3.63, 3.8) is 0 Å². The molecule has 0 atom stereocenters. The fourth-order valence-corrected chi connectivity index (χ4v) is 0.915.